The largest absolute Gasteiger partial charge is 0.573 e. The second kappa shape index (κ2) is 5.72. The molecule has 0 fully saturated rings. The molecule has 23 heavy (non-hydrogen) atoms. The molecule has 0 amide bonds. The van der Waals surface area contributed by atoms with Crippen LogP contribution in [0.3, 0.4) is 0 Å². The van der Waals surface area contributed by atoms with Gasteiger partial charge in [0.1, 0.15) is 5.75 Å². The minimum Gasteiger partial charge on any atom is -0.406 e. The molecule has 0 N–H and O–H groups in total. The fraction of sp³-hybridized carbons (Fsp3) is 0.375. The molecule has 0 saturated heterocycles. The van der Waals surface area contributed by atoms with Crippen LogP contribution in [0.25, 0.3) is 5.69 Å². The summed E-state index contributed by atoms with van der Waals surface area (Å²) in [6.45, 7) is 7.19. The van der Waals surface area contributed by atoms with E-state index in [1.807, 2.05) is 20.8 Å². The van der Waals surface area contributed by atoms with Gasteiger partial charge in [-0.2, -0.15) is 5.10 Å². The van der Waals surface area contributed by atoms with Crippen molar-refractivity contribution < 1.29 is 22.7 Å². The summed E-state index contributed by atoms with van der Waals surface area (Å²) in [4.78, 5) is 12.3. The number of carbonyl (C=O) groups excluding carboxylic acids is 1. The number of Topliss-reactive ketones (excluding diaryl/α,β-unsaturated/α-hetero) is 1. The van der Waals surface area contributed by atoms with Crippen LogP contribution >= 0.6 is 0 Å². The van der Waals surface area contributed by atoms with Gasteiger partial charge in [-0.1, -0.05) is 20.8 Å². The van der Waals surface area contributed by atoms with Crippen molar-refractivity contribution in [2.45, 2.75) is 34.1 Å². The zero-order chi connectivity index (χ0) is 17.4. The zero-order valence-corrected chi connectivity index (χ0v) is 13.2. The van der Waals surface area contributed by atoms with Crippen molar-refractivity contribution in [1.82, 2.24) is 9.78 Å². The Labute approximate surface area is 131 Å². The fourth-order valence-electron chi connectivity index (χ4n) is 2.09. The summed E-state index contributed by atoms with van der Waals surface area (Å²) < 4.78 is 41.8. The SMILES string of the molecule is Cc1c(C(=O)C(C)(C)C)cnn1-c1ccc(OC(F)(F)F)cc1. The van der Waals surface area contributed by atoms with Crippen molar-refractivity contribution in [3.8, 4) is 11.4 Å². The smallest absolute Gasteiger partial charge is 0.406 e. The van der Waals surface area contributed by atoms with E-state index in [-0.39, 0.29) is 11.5 Å². The average Bonchev–Trinajstić information content (AvgIpc) is 2.78. The van der Waals surface area contributed by atoms with Gasteiger partial charge in [-0.05, 0) is 31.2 Å². The number of hydrogen-bond acceptors (Lipinski definition) is 3. The van der Waals surface area contributed by atoms with Gasteiger partial charge in [0, 0.05) is 5.41 Å². The molecule has 1 aromatic heterocycles. The van der Waals surface area contributed by atoms with Gasteiger partial charge in [-0.3, -0.25) is 4.79 Å². The molecular weight excluding hydrogens is 309 g/mol. The lowest BCUT2D eigenvalue weighted by Crippen LogP contribution is -2.20. The fourth-order valence-corrected chi connectivity index (χ4v) is 2.09. The Morgan fingerprint density at radius 1 is 1.13 bits per heavy atom. The lowest BCUT2D eigenvalue weighted by molar-refractivity contribution is -0.274. The second-order valence-corrected chi connectivity index (χ2v) is 6.18. The molecule has 0 atom stereocenters. The molecule has 0 radical (unpaired) electrons. The van der Waals surface area contributed by atoms with Crippen molar-refractivity contribution in [2.24, 2.45) is 5.41 Å². The molecule has 4 nitrogen and oxygen atoms in total. The van der Waals surface area contributed by atoms with Crippen LogP contribution in [-0.2, 0) is 0 Å². The van der Waals surface area contributed by atoms with Gasteiger partial charge in [-0.25, -0.2) is 4.68 Å². The Kier molecular flexibility index (Phi) is 4.24. The molecule has 2 rings (SSSR count). The van der Waals surface area contributed by atoms with E-state index >= 15 is 0 Å². The molecule has 0 bridgehead atoms. The third-order valence-electron chi connectivity index (χ3n) is 3.25. The molecule has 0 unspecified atom stereocenters. The van der Waals surface area contributed by atoms with E-state index in [1.54, 1.807) is 6.92 Å². The number of ketones is 1. The molecule has 0 spiro atoms. The number of nitrogens with zero attached hydrogens (tertiary/aromatic N) is 2. The molecule has 1 aromatic carbocycles. The lowest BCUT2D eigenvalue weighted by Gasteiger charge is -2.16. The molecule has 1 heterocycles. The highest BCUT2D eigenvalue weighted by Gasteiger charge is 2.31. The molecular formula is C16H17F3N2O2. The van der Waals surface area contributed by atoms with E-state index in [9.17, 15) is 18.0 Å². The van der Waals surface area contributed by atoms with Crippen molar-refractivity contribution in [1.29, 1.82) is 0 Å². The normalized spacial score (nSPS) is 12.3. The monoisotopic (exact) mass is 326 g/mol. The van der Waals surface area contributed by atoms with Crippen molar-refractivity contribution in [2.75, 3.05) is 0 Å². The molecule has 0 aliphatic carbocycles. The number of benzene rings is 1. The minimum atomic E-state index is -4.73. The number of alkyl halides is 3. The first kappa shape index (κ1) is 17.1. The number of hydrogen-bond donors (Lipinski definition) is 0. The molecule has 0 aliphatic rings. The Balaban J connectivity index is 2.30. The first-order valence-electron chi connectivity index (χ1n) is 6.94. The maximum Gasteiger partial charge on any atom is 0.573 e. The Morgan fingerprint density at radius 2 is 1.70 bits per heavy atom. The summed E-state index contributed by atoms with van der Waals surface area (Å²) in [5.41, 5.74) is 1.13. The van der Waals surface area contributed by atoms with Crippen molar-refractivity contribution in [3.05, 3.63) is 41.7 Å². The summed E-state index contributed by atoms with van der Waals surface area (Å²) in [7, 11) is 0. The van der Waals surface area contributed by atoms with Gasteiger partial charge in [0.2, 0.25) is 0 Å². The third kappa shape index (κ3) is 3.91. The maximum absolute atomic E-state index is 12.3. The summed E-state index contributed by atoms with van der Waals surface area (Å²) in [6, 6.07) is 5.31. The topological polar surface area (TPSA) is 44.1 Å². The Morgan fingerprint density at radius 3 is 2.17 bits per heavy atom. The standard InChI is InChI=1S/C16H17F3N2O2/c1-10-13(14(22)15(2,3)4)9-20-21(10)11-5-7-12(8-6-11)23-16(17,18)19/h5-9H,1-4H3. The van der Waals surface area contributed by atoms with Crippen LogP contribution in [0.4, 0.5) is 13.2 Å². The predicted octanol–water partition coefficient (Wildman–Crippen LogP) is 4.31. The summed E-state index contributed by atoms with van der Waals surface area (Å²) >= 11 is 0. The van der Waals surface area contributed by atoms with Crippen LogP contribution in [0, 0.1) is 12.3 Å². The molecule has 0 aliphatic heterocycles. The highest BCUT2D eigenvalue weighted by atomic mass is 19.4. The van der Waals surface area contributed by atoms with Gasteiger partial charge in [0.15, 0.2) is 5.78 Å². The third-order valence-corrected chi connectivity index (χ3v) is 3.25. The predicted molar refractivity (Wildman–Crippen MR) is 78.8 cm³/mol. The first-order valence-corrected chi connectivity index (χ1v) is 6.94. The number of halogens is 3. The quantitative estimate of drug-likeness (QED) is 0.790. The van der Waals surface area contributed by atoms with Crippen molar-refractivity contribution in [3.63, 3.8) is 0 Å². The first-order chi connectivity index (χ1) is 10.5. The maximum atomic E-state index is 12.3. The van der Waals surface area contributed by atoms with Crippen LogP contribution in [0.5, 0.6) is 5.75 Å². The van der Waals surface area contributed by atoms with E-state index < -0.39 is 11.8 Å². The summed E-state index contributed by atoms with van der Waals surface area (Å²) in [6.07, 6.45) is -3.25. The molecule has 0 saturated carbocycles. The number of rotatable bonds is 3. The minimum absolute atomic E-state index is 0.0433. The Bertz CT molecular complexity index is 710. The van der Waals surface area contributed by atoms with Crippen LogP contribution in [0.1, 0.15) is 36.8 Å². The van der Waals surface area contributed by atoms with E-state index in [0.29, 0.717) is 16.9 Å². The van der Waals surface area contributed by atoms with Crippen LogP contribution < -0.4 is 4.74 Å². The molecule has 2 aromatic rings. The summed E-state index contributed by atoms with van der Waals surface area (Å²) in [5.74, 6) is -0.352. The highest BCUT2D eigenvalue weighted by Crippen LogP contribution is 2.26. The highest BCUT2D eigenvalue weighted by molar-refractivity contribution is 6.00. The van der Waals surface area contributed by atoms with E-state index in [2.05, 4.69) is 9.84 Å². The van der Waals surface area contributed by atoms with Gasteiger partial charge >= 0.3 is 6.36 Å². The molecule has 124 valence electrons. The van der Waals surface area contributed by atoms with Gasteiger partial charge in [0.25, 0.3) is 0 Å². The lowest BCUT2D eigenvalue weighted by atomic mass is 9.87. The number of ether oxygens (including phenoxy) is 1. The van der Waals surface area contributed by atoms with Crippen molar-refractivity contribution >= 4 is 5.78 Å². The number of aromatic nitrogens is 2. The average molecular weight is 326 g/mol. The van der Waals surface area contributed by atoms with Gasteiger partial charge in [-0.15, -0.1) is 13.2 Å². The zero-order valence-electron chi connectivity index (χ0n) is 13.2. The van der Waals surface area contributed by atoms with Gasteiger partial charge in [0.05, 0.1) is 23.1 Å². The second-order valence-electron chi connectivity index (χ2n) is 6.18. The van der Waals surface area contributed by atoms with E-state index in [1.165, 1.54) is 35.1 Å². The van der Waals surface area contributed by atoms with Crippen LogP contribution in [0.2, 0.25) is 0 Å². The number of carbonyl (C=O) groups is 1. The van der Waals surface area contributed by atoms with E-state index in [0.717, 1.165) is 0 Å². The van der Waals surface area contributed by atoms with Crippen LogP contribution in [0.15, 0.2) is 30.5 Å². The van der Waals surface area contributed by atoms with Gasteiger partial charge < -0.3 is 4.74 Å². The summed E-state index contributed by atoms with van der Waals surface area (Å²) in [5, 5.41) is 4.16. The van der Waals surface area contributed by atoms with Crippen LogP contribution in [-0.4, -0.2) is 21.9 Å². The molecule has 7 heteroatoms. The van der Waals surface area contributed by atoms with E-state index in [4.69, 9.17) is 0 Å². The Hall–Kier alpha value is -2.31.